The maximum absolute atomic E-state index is 13.1. The largest absolute Gasteiger partial charge is 0.322 e. The summed E-state index contributed by atoms with van der Waals surface area (Å²) in [5.41, 5.74) is 6.61. The predicted octanol–water partition coefficient (Wildman–Crippen LogP) is 3.72. The highest BCUT2D eigenvalue weighted by Gasteiger charge is 2.20. The van der Waals surface area contributed by atoms with Gasteiger partial charge in [0.1, 0.15) is 0 Å². The summed E-state index contributed by atoms with van der Waals surface area (Å²) in [5.74, 6) is -0.0921. The van der Waals surface area contributed by atoms with E-state index in [0.717, 1.165) is 41.0 Å². The van der Waals surface area contributed by atoms with Crippen LogP contribution in [-0.4, -0.2) is 20.7 Å². The summed E-state index contributed by atoms with van der Waals surface area (Å²) in [6, 6.07) is 8.05. The summed E-state index contributed by atoms with van der Waals surface area (Å²) < 4.78 is 1.73. The number of aryl methyl sites for hydroxylation is 4. The van der Waals surface area contributed by atoms with E-state index in [4.69, 9.17) is 0 Å². The fourth-order valence-corrected chi connectivity index (χ4v) is 3.84. The number of nitrogens with zero attached hydrogens (tertiary/aromatic N) is 3. The number of hydrogen-bond acceptors (Lipinski definition) is 3. The highest BCUT2D eigenvalue weighted by Crippen LogP contribution is 2.29. The zero-order valence-corrected chi connectivity index (χ0v) is 14.9. The number of anilines is 1. The minimum Gasteiger partial charge on any atom is -0.322 e. The first-order chi connectivity index (χ1) is 12.0. The Balaban J connectivity index is 1.77. The monoisotopic (exact) mass is 334 g/mol. The van der Waals surface area contributed by atoms with Crippen LogP contribution in [0.1, 0.15) is 45.7 Å². The van der Waals surface area contributed by atoms with E-state index >= 15 is 0 Å². The van der Waals surface area contributed by atoms with Crippen LogP contribution < -0.4 is 5.32 Å². The number of pyridine rings is 1. The van der Waals surface area contributed by atoms with Crippen LogP contribution in [0.3, 0.4) is 0 Å². The molecule has 128 valence electrons. The van der Waals surface area contributed by atoms with Crippen LogP contribution in [0.4, 0.5) is 5.69 Å². The fraction of sp³-hybridized carbons (Fsp3) is 0.350. The molecule has 1 amide bonds. The molecule has 0 saturated heterocycles. The molecular weight excluding hydrogens is 312 g/mol. The summed E-state index contributed by atoms with van der Waals surface area (Å²) in [6.45, 7) is 3.82. The highest BCUT2D eigenvalue weighted by atomic mass is 16.1. The second kappa shape index (κ2) is 5.99. The van der Waals surface area contributed by atoms with Gasteiger partial charge in [-0.3, -0.25) is 9.48 Å². The molecule has 3 aromatic rings. The van der Waals surface area contributed by atoms with Crippen molar-refractivity contribution in [3.05, 3.63) is 52.3 Å². The lowest BCUT2D eigenvalue weighted by Gasteiger charge is -2.19. The highest BCUT2D eigenvalue weighted by molar-refractivity contribution is 6.13. The molecule has 0 aliphatic heterocycles. The topological polar surface area (TPSA) is 59.8 Å². The lowest BCUT2D eigenvalue weighted by atomic mass is 9.90. The minimum absolute atomic E-state index is 0.0921. The lowest BCUT2D eigenvalue weighted by Crippen LogP contribution is -2.16. The number of rotatable bonds is 2. The summed E-state index contributed by atoms with van der Waals surface area (Å²) >= 11 is 0. The van der Waals surface area contributed by atoms with Crippen LogP contribution in [0.2, 0.25) is 0 Å². The van der Waals surface area contributed by atoms with Gasteiger partial charge in [-0.05, 0) is 62.8 Å². The van der Waals surface area contributed by atoms with Crippen LogP contribution in [0.5, 0.6) is 0 Å². The van der Waals surface area contributed by atoms with Gasteiger partial charge in [-0.1, -0.05) is 12.1 Å². The number of amides is 1. The Bertz CT molecular complexity index is 987. The fourth-order valence-electron chi connectivity index (χ4n) is 3.84. The summed E-state index contributed by atoms with van der Waals surface area (Å²) in [7, 11) is 1.86. The van der Waals surface area contributed by atoms with E-state index < -0.39 is 0 Å². The molecule has 2 aromatic heterocycles. The third-order valence-electron chi connectivity index (χ3n) is 4.99. The second-order valence-corrected chi connectivity index (χ2v) is 6.82. The molecule has 5 heteroatoms. The molecule has 0 saturated carbocycles. The number of benzene rings is 1. The van der Waals surface area contributed by atoms with Gasteiger partial charge < -0.3 is 5.32 Å². The maximum atomic E-state index is 13.1. The Morgan fingerprint density at radius 1 is 1.20 bits per heavy atom. The Morgan fingerprint density at radius 3 is 2.84 bits per heavy atom. The van der Waals surface area contributed by atoms with Crippen molar-refractivity contribution in [1.82, 2.24) is 14.8 Å². The molecule has 0 bridgehead atoms. The molecule has 0 fully saturated rings. The van der Waals surface area contributed by atoms with Crippen molar-refractivity contribution in [3.8, 4) is 0 Å². The summed E-state index contributed by atoms with van der Waals surface area (Å²) in [6.07, 6.45) is 4.53. The average Bonchev–Trinajstić information content (AvgIpc) is 2.88. The number of carbonyl (C=O) groups is 1. The first kappa shape index (κ1) is 15.8. The molecule has 1 aliphatic carbocycles. The van der Waals surface area contributed by atoms with Crippen LogP contribution in [0.15, 0.2) is 24.3 Å². The minimum atomic E-state index is -0.0921. The Hall–Kier alpha value is -2.69. The van der Waals surface area contributed by atoms with Gasteiger partial charge in [-0.2, -0.15) is 5.10 Å². The van der Waals surface area contributed by atoms with Crippen LogP contribution in [0.25, 0.3) is 11.0 Å². The lowest BCUT2D eigenvalue weighted by molar-refractivity contribution is 0.102. The van der Waals surface area contributed by atoms with Gasteiger partial charge in [-0.15, -0.1) is 0 Å². The molecule has 5 nitrogen and oxygen atoms in total. The number of carbonyl (C=O) groups excluding carboxylic acids is 1. The molecule has 25 heavy (non-hydrogen) atoms. The van der Waals surface area contributed by atoms with Crippen LogP contribution in [-0.2, 0) is 19.9 Å². The van der Waals surface area contributed by atoms with Gasteiger partial charge in [0.05, 0.1) is 16.6 Å². The summed E-state index contributed by atoms with van der Waals surface area (Å²) in [4.78, 5) is 17.6. The van der Waals surface area contributed by atoms with E-state index in [-0.39, 0.29) is 5.91 Å². The number of nitrogens with one attached hydrogen (secondary N) is 1. The normalized spacial score (nSPS) is 13.7. The molecule has 1 N–H and O–H groups in total. The molecule has 0 radical (unpaired) electrons. The standard InChI is InChI=1S/C20H22N4O/c1-12-11-16(18-13(2)23-24(3)19(18)21-12)20(25)22-17-10-6-8-14-7-4-5-9-15(14)17/h6,8,10-11H,4-5,7,9H2,1-3H3,(H,22,25). The zero-order chi connectivity index (χ0) is 17.6. The molecule has 0 unspecified atom stereocenters. The van der Waals surface area contributed by atoms with Crippen molar-refractivity contribution in [2.75, 3.05) is 5.32 Å². The summed E-state index contributed by atoms with van der Waals surface area (Å²) in [5, 5.41) is 8.39. The molecule has 4 rings (SSSR count). The van der Waals surface area contributed by atoms with Gasteiger partial charge in [0, 0.05) is 18.4 Å². The van der Waals surface area contributed by atoms with Gasteiger partial charge in [0.2, 0.25) is 0 Å². The predicted molar refractivity (Wildman–Crippen MR) is 99.0 cm³/mol. The average molecular weight is 334 g/mol. The Labute approximate surface area is 147 Å². The number of fused-ring (bicyclic) bond motifs is 2. The van der Waals surface area contributed by atoms with Gasteiger partial charge in [0.15, 0.2) is 5.65 Å². The van der Waals surface area contributed by atoms with Gasteiger partial charge in [0.25, 0.3) is 5.91 Å². The van der Waals surface area contributed by atoms with Gasteiger partial charge in [-0.25, -0.2) is 4.98 Å². The molecule has 0 spiro atoms. The quantitative estimate of drug-likeness (QED) is 0.777. The second-order valence-electron chi connectivity index (χ2n) is 6.82. The van der Waals surface area contributed by atoms with E-state index in [1.807, 2.05) is 39.1 Å². The molecule has 1 aromatic carbocycles. The van der Waals surface area contributed by atoms with E-state index in [1.165, 1.54) is 24.0 Å². The van der Waals surface area contributed by atoms with Crippen molar-refractivity contribution < 1.29 is 4.79 Å². The number of aromatic nitrogens is 3. The third kappa shape index (κ3) is 2.69. The SMILES string of the molecule is Cc1cc(C(=O)Nc2cccc3c2CCCC3)c2c(C)nn(C)c2n1. The maximum Gasteiger partial charge on any atom is 0.256 e. The van der Waals surface area contributed by atoms with E-state index in [0.29, 0.717) is 5.56 Å². The van der Waals surface area contributed by atoms with Crippen molar-refractivity contribution in [3.63, 3.8) is 0 Å². The zero-order valence-electron chi connectivity index (χ0n) is 14.9. The Kier molecular flexibility index (Phi) is 3.79. The first-order valence-corrected chi connectivity index (χ1v) is 8.77. The first-order valence-electron chi connectivity index (χ1n) is 8.77. The molecule has 1 aliphatic rings. The van der Waals surface area contributed by atoms with Crippen molar-refractivity contribution >= 4 is 22.6 Å². The van der Waals surface area contributed by atoms with E-state index in [9.17, 15) is 4.79 Å². The molecule has 2 heterocycles. The van der Waals surface area contributed by atoms with Crippen LogP contribution in [0, 0.1) is 13.8 Å². The van der Waals surface area contributed by atoms with Gasteiger partial charge >= 0.3 is 0 Å². The van der Waals surface area contributed by atoms with Crippen molar-refractivity contribution in [2.45, 2.75) is 39.5 Å². The smallest absolute Gasteiger partial charge is 0.256 e. The van der Waals surface area contributed by atoms with Crippen molar-refractivity contribution in [1.29, 1.82) is 0 Å². The van der Waals surface area contributed by atoms with Crippen LogP contribution >= 0.6 is 0 Å². The van der Waals surface area contributed by atoms with E-state index in [1.54, 1.807) is 4.68 Å². The molecule has 0 atom stereocenters. The molecular formula is C20H22N4O. The van der Waals surface area contributed by atoms with Crippen molar-refractivity contribution in [2.24, 2.45) is 7.05 Å². The Morgan fingerprint density at radius 2 is 2.00 bits per heavy atom. The van der Waals surface area contributed by atoms with E-state index in [2.05, 4.69) is 21.5 Å². The number of hydrogen-bond donors (Lipinski definition) is 1. The third-order valence-corrected chi connectivity index (χ3v) is 4.99.